The minimum atomic E-state index is -1.06. The molecule has 2 aliphatic heterocycles. The molecule has 6 atom stereocenters. The van der Waals surface area contributed by atoms with Crippen LogP contribution in [0.25, 0.3) is 11.3 Å². The Morgan fingerprint density at radius 1 is 0.561 bits per heavy atom. The van der Waals surface area contributed by atoms with Gasteiger partial charge in [-0.3, -0.25) is 60.0 Å². The predicted octanol–water partition coefficient (Wildman–Crippen LogP) is 13.6. The highest BCUT2D eigenvalue weighted by molar-refractivity contribution is 7.10. The Balaban J connectivity index is 0.000000308. The smallest absolute Gasteiger partial charge is 0.414 e. The predicted molar refractivity (Wildman–Crippen MR) is 429 cm³/mol. The number of hydrogen-bond donors (Lipinski definition) is 6. The van der Waals surface area contributed by atoms with E-state index in [1.807, 2.05) is 0 Å². The molecule has 8 rings (SSSR count). The second-order valence-corrected chi connectivity index (χ2v) is 35.0. The number of alkyl carbamates (subject to hydrolysis) is 4. The number of carboxylic acid groups (broad SMARTS) is 1. The molecular formula is C77H107Cl2N15O18S2. The summed E-state index contributed by atoms with van der Waals surface area (Å²) in [7, 11) is 1.25. The number of halogens is 2. The Bertz CT molecular complexity index is 4400. The molecule has 0 aromatic carbocycles. The highest BCUT2D eigenvalue weighted by Gasteiger charge is 2.42. The number of carboxylic acids is 1. The Morgan fingerprint density at radius 2 is 0.974 bits per heavy atom. The highest BCUT2D eigenvalue weighted by Crippen LogP contribution is 2.41. The van der Waals surface area contributed by atoms with Crippen LogP contribution in [0.3, 0.4) is 0 Å². The van der Waals surface area contributed by atoms with E-state index in [0.717, 1.165) is 6.42 Å². The zero-order valence-electron chi connectivity index (χ0n) is 67.9. The van der Waals surface area contributed by atoms with Crippen molar-refractivity contribution >= 4 is 135 Å². The Kier molecular flexibility index (Phi) is 33.5. The maximum Gasteiger partial charge on any atom is 0.414 e. The summed E-state index contributed by atoms with van der Waals surface area (Å²) in [6.07, 6.45) is 8.01. The van der Waals surface area contributed by atoms with Gasteiger partial charge in [-0.1, -0.05) is 43.5 Å². The molecule has 624 valence electrons. The van der Waals surface area contributed by atoms with Crippen LogP contribution in [0.15, 0.2) is 69.8 Å². The third-order valence-electron chi connectivity index (χ3n) is 16.3. The molecule has 6 aromatic rings. The molecule has 6 aromatic heterocycles. The molecular weight excluding hydrogens is 1560 g/mol. The van der Waals surface area contributed by atoms with Crippen LogP contribution in [-0.2, 0) is 42.8 Å². The number of hydrogen-bond acceptors (Lipinski definition) is 26. The third kappa shape index (κ3) is 31.2. The van der Waals surface area contributed by atoms with Gasteiger partial charge in [0.25, 0.3) is 11.8 Å². The van der Waals surface area contributed by atoms with Gasteiger partial charge in [0.15, 0.2) is 11.5 Å². The third-order valence-corrected chi connectivity index (χ3v) is 18.7. The lowest BCUT2D eigenvalue weighted by Crippen LogP contribution is -2.47. The summed E-state index contributed by atoms with van der Waals surface area (Å²) in [5, 5.41) is 24.1. The van der Waals surface area contributed by atoms with E-state index in [4.69, 9.17) is 62.5 Å². The molecule has 0 unspecified atom stereocenters. The molecule has 33 nitrogen and oxygen atoms in total. The highest BCUT2D eigenvalue weighted by atomic mass is 35.5. The SMILES string of the molecule is CCC(=O)[C@@H](N)CCCCN=C(NC(=O)OC(C)(C)C)NC(=O)OC(C)(C)C.COC(=O)[C@H](CCCCN=C(NC(=O)OC(C)(C)C)NC(=O)OC(C)(C)C)CC(=O)c1csc([C@@H]2C[C@@H](CC(=O)OC(C)(C)C)CN2C(=O)c2cn3cc(Cl)ccc3n2)n1.C[C@@H]1C[C@@H](c2nc(C(=O)O)cs2)N(C(=O)c2cn3cc(Cl)ccc3n2)C1. The topological polar surface area (TPSA) is 429 Å². The number of rotatable bonds is 23. The molecule has 0 radical (unpaired) electrons. The standard InChI is InChI=1S/C41H56ClN7O10S.C19H36N4O5.C17H15ClN4O3S/c1-39(2,3)57-32(51)18-24-17-29(49(20-24)34(52)27-22-48-21-26(42)14-15-31(48)44-27)33-45-28(23-60-33)30(50)19-25(35(53)56-10)13-11-12-16-43-36(46-37(54)58-40(4,5)6)47-38(55)59-41(7,8)9;1-8-14(24)13(20)11-9-10-12-21-15(22-16(25)27-18(2,3)4)23-17(26)28-19(5,6)7;1-9-4-13(15-20-12(8-26-15)17(24)25)22(5-9)16(23)11-7-21-6-10(18)2-3-14(21)19-11/h14-15,21-25,29H,11-13,16-20H2,1-10H3,(H2,43,46,47,54,55);13H,8-12,20H2,1-7H3,(H2,21,22,23,25,26);2-3,6-9,13H,4-5H2,1H3,(H,24,25)/t24-,25+,29-;13-;9-,13+/m001/s1. The lowest BCUT2D eigenvalue weighted by molar-refractivity contribution is -0.156. The van der Waals surface area contributed by atoms with Gasteiger partial charge in [-0.25, -0.2) is 43.9 Å². The quantitative estimate of drug-likeness (QED) is 0.00866. The van der Waals surface area contributed by atoms with Gasteiger partial charge in [0, 0.05) is 74.6 Å². The van der Waals surface area contributed by atoms with Crippen molar-refractivity contribution in [1.29, 1.82) is 0 Å². The van der Waals surface area contributed by atoms with Crippen LogP contribution in [-0.4, -0.2) is 189 Å². The Labute approximate surface area is 681 Å². The molecule has 0 bridgehead atoms. The molecule has 7 N–H and O–H groups in total. The molecule has 37 heteroatoms. The number of carbonyl (C=O) groups is 11. The van der Waals surface area contributed by atoms with Gasteiger partial charge in [0.05, 0.1) is 47.6 Å². The van der Waals surface area contributed by atoms with Gasteiger partial charge < -0.3 is 57.9 Å². The van der Waals surface area contributed by atoms with E-state index < -0.39 is 82.3 Å². The van der Waals surface area contributed by atoms with Gasteiger partial charge in [0.2, 0.25) is 11.9 Å². The first-order valence-corrected chi connectivity index (χ1v) is 39.8. The number of nitrogens with one attached hydrogen (secondary N) is 4. The second-order valence-electron chi connectivity index (χ2n) is 32.3. The maximum absolute atomic E-state index is 14.0. The number of fused-ring (bicyclic) bond motifs is 2. The van der Waals surface area contributed by atoms with Crippen molar-refractivity contribution in [2.75, 3.05) is 33.3 Å². The zero-order valence-corrected chi connectivity index (χ0v) is 71.0. The number of aromatic carboxylic acids is 1. The van der Waals surface area contributed by atoms with E-state index >= 15 is 0 Å². The van der Waals surface area contributed by atoms with Crippen LogP contribution in [0.4, 0.5) is 19.2 Å². The average Bonchev–Trinajstić information content (AvgIpc) is 1.64. The number of imidazole rings is 2. The number of aromatic nitrogens is 6. The number of esters is 2. The molecule has 6 amide bonds. The largest absolute Gasteiger partial charge is 0.476 e. The van der Waals surface area contributed by atoms with Crippen molar-refractivity contribution in [3.8, 4) is 0 Å². The van der Waals surface area contributed by atoms with E-state index in [0.29, 0.717) is 101 Å². The molecule has 0 aliphatic carbocycles. The summed E-state index contributed by atoms with van der Waals surface area (Å²) in [5.74, 6) is -3.86. The van der Waals surface area contributed by atoms with Crippen molar-refractivity contribution < 1.29 is 86.3 Å². The number of pyridine rings is 2. The molecule has 2 fully saturated rings. The summed E-state index contributed by atoms with van der Waals surface area (Å²) in [5.41, 5.74) is 4.00. The normalized spacial score (nSPS) is 16.1. The van der Waals surface area contributed by atoms with Crippen molar-refractivity contribution in [3.05, 3.63) is 103 Å². The summed E-state index contributed by atoms with van der Waals surface area (Å²) in [4.78, 5) is 167. The van der Waals surface area contributed by atoms with Crippen LogP contribution in [0.1, 0.15) is 252 Å². The first kappa shape index (κ1) is 93.2. The number of carbonyl (C=O) groups excluding carboxylic acids is 10. The van der Waals surface area contributed by atoms with Crippen molar-refractivity contribution in [3.63, 3.8) is 0 Å². The van der Waals surface area contributed by atoms with Gasteiger partial charge >= 0.3 is 42.3 Å². The lowest BCUT2D eigenvalue weighted by atomic mass is 9.95. The van der Waals surface area contributed by atoms with Crippen LogP contribution in [0.5, 0.6) is 0 Å². The number of likely N-dealkylation sites (tertiary alicyclic amines) is 2. The summed E-state index contributed by atoms with van der Waals surface area (Å²) in [6, 6.07) is 5.61. The van der Waals surface area contributed by atoms with E-state index in [-0.39, 0.29) is 103 Å². The van der Waals surface area contributed by atoms with Gasteiger partial charge in [0.1, 0.15) is 72.2 Å². The molecule has 0 spiro atoms. The average molecular weight is 1670 g/mol. The zero-order chi connectivity index (χ0) is 85.0. The Morgan fingerprint density at radius 3 is 1.39 bits per heavy atom. The van der Waals surface area contributed by atoms with Gasteiger partial charge in [-0.05, 0) is 185 Å². The van der Waals surface area contributed by atoms with Crippen LogP contribution in [0.2, 0.25) is 10.0 Å². The number of thiazole rings is 2. The number of ether oxygens (including phenoxy) is 6. The number of methoxy groups -OCH3 is 1. The number of nitrogens with two attached hydrogens (primary N) is 1. The summed E-state index contributed by atoms with van der Waals surface area (Å²) in [6.45, 7) is 31.0. The van der Waals surface area contributed by atoms with Gasteiger partial charge in [-0.2, -0.15) is 0 Å². The molecule has 2 saturated heterocycles. The fourth-order valence-electron chi connectivity index (χ4n) is 11.6. The van der Waals surface area contributed by atoms with Crippen molar-refractivity contribution in [2.45, 2.75) is 234 Å². The monoisotopic (exact) mass is 1660 g/mol. The first-order chi connectivity index (χ1) is 53.0. The van der Waals surface area contributed by atoms with E-state index in [2.05, 4.69) is 58.1 Å². The number of Topliss-reactive ketones (excluding diaryl/α,β-unsaturated/α-hetero) is 2. The number of aliphatic imine (C=N–C) groups is 2. The number of amides is 6. The lowest BCUT2D eigenvalue weighted by Gasteiger charge is -2.22. The molecule has 0 saturated carbocycles. The van der Waals surface area contributed by atoms with Crippen LogP contribution >= 0.6 is 45.9 Å². The van der Waals surface area contributed by atoms with Crippen LogP contribution in [0, 0.1) is 17.8 Å². The first-order valence-electron chi connectivity index (χ1n) is 37.3. The number of nitrogens with zero attached hydrogens (tertiary/aromatic N) is 10. The van der Waals surface area contributed by atoms with Gasteiger partial charge in [-0.15, -0.1) is 22.7 Å². The van der Waals surface area contributed by atoms with Crippen LogP contribution < -0.4 is 27.0 Å². The van der Waals surface area contributed by atoms with E-state index in [9.17, 15) is 52.7 Å². The minimum Gasteiger partial charge on any atom is -0.476 e. The fourth-order valence-corrected chi connectivity index (χ4v) is 13.8. The minimum absolute atomic E-state index is 0.0133. The molecule has 114 heavy (non-hydrogen) atoms. The summed E-state index contributed by atoms with van der Waals surface area (Å²) < 4.78 is 34.9. The van der Waals surface area contributed by atoms with Crippen molar-refractivity contribution in [2.24, 2.45) is 33.5 Å². The second kappa shape index (κ2) is 41.0. The molecule has 2 aliphatic rings. The summed E-state index contributed by atoms with van der Waals surface area (Å²) >= 11 is 14.6. The Hall–Kier alpha value is -9.71. The maximum atomic E-state index is 14.0. The van der Waals surface area contributed by atoms with Crippen molar-refractivity contribution in [1.82, 2.24) is 59.8 Å². The molecule has 8 heterocycles. The number of ketones is 2. The van der Waals surface area contributed by atoms with E-state index in [1.165, 1.54) is 35.2 Å². The number of unbranched alkanes of at least 4 members (excludes halogenated alkanes) is 2. The number of guanidine groups is 2. The fraction of sp³-hybridized carbons (Fsp3) is 0.571. The van der Waals surface area contributed by atoms with E-state index in [1.54, 1.807) is 184 Å².